The van der Waals surface area contributed by atoms with Crippen molar-refractivity contribution in [2.45, 2.75) is 25.9 Å². The lowest BCUT2D eigenvalue weighted by atomic mass is 10.3. The zero-order valence-electron chi connectivity index (χ0n) is 11.4. The van der Waals surface area contributed by atoms with Gasteiger partial charge in [-0.25, -0.2) is 4.39 Å². The summed E-state index contributed by atoms with van der Waals surface area (Å²) in [7, 11) is 1.85. The van der Waals surface area contributed by atoms with Gasteiger partial charge in [-0.2, -0.15) is 0 Å². The van der Waals surface area contributed by atoms with Gasteiger partial charge >= 0.3 is 0 Å². The van der Waals surface area contributed by atoms with E-state index >= 15 is 0 Å². The standard InChI is InChI=1S/C14H21FN2O2/c1-11(10-17-14(18)7-4-8-16-2)19-13-6-3-5-12(15)9-13/h3,5-6,9,11,16H,4,7-8,10H2,1-2H3,(H,17,18). The molecule has 0 aliphatic rings. The Bertz CT molecular complexity index is 399. The average Bonchev–Trinajstić information content (AvgIpc) is 2.37. The van der Waals surface area contributed by atoms with E-state index in [-0.39, 0.29) is 17.8 Å². The molecule has 1 amide bonds. The molecule has 0 spiro atoms. The number of ether oxygens (including phenoxy) is 1. The fraction of sp³-hybridized carbons (Fsp3) is 0.500. The van der Waals surface area contributed by atoms with Crippen LogP contribution in [0.15, 0.2) is 24.3 Å². The Morgan fingerprint density at radius 2 is 2.26 bits per heavy atom. The van der Waals surface area contributed by atoms with Crippen molar-refractivity contribution in [3.8, 4) is 5.75 Å². The molecule has 1 unspecified atom stereocenters. The maximum Gasteiger partial charge on any atom is 0.220 e. The van der Waals surface area contributed by atoms with Crippen LogP contribution in [-0.4, -0.2) is 32.1 Å². The van der Waals surface area contributed by atoms with E-state index in [1.807, 2.05) is 14.0 Å². The summed E-state index contributed by atoms with van der Waals surface area (Å²) in [6.07, 6.45) is 1.10. The first-order valence-electron chi connectivity index (χ1n) is 6.45. The van der Waals surface area contributed by atoms with E-state index in [4.69, 9.17) is 4.74 Å². The molecule has 2 N–H and O–H groups in total. The van der Waals surface area contributed by atoms with Gasteiger partial charge in [-0.1, -0.05) is 6.07 Å². The third-order valence-corrected chi connectivity index (χ3v) is 2.55. The fourth-order valence-electron chi connectivity index (χ4n) is 1.59. The van der Waals surface area contributed by atoms with Crippen molar-refractivity contribution in [3.63, 3.8) is 0 Å². The van der Waals surface area contributed by atoms with Gasteiger partial charge in [0.05, 0.1) is 6.54 Å². The Morgan fingerprint density at radius 1 is 1.47 bits per heavy atom. The molecule has 19 heavy (non-hydrogen) atoms. The Kier molecular flexibility index (Phi) is 6.89. The second kappa shape index (κ2) is 8.48. The van der Waals surface area contributed by atoms with E-state index in [0.29, 0.717) is 18.7 Å². The lowest BCUT2D eigenvalue weighted by Crippen LogP contribution is -2.33. The molecule has 0 bridgehead atoms. The Morgan fingerprint density at radius 3 is 2.95 bits per heavy atom. The van der Waals surface area contributed by atoms with Crippen molar-refractivity contribution in [1.29, 1.82) is 0 Å². The summed E-state index contributed by atoms with van der Waals surface area (Å²) < 4.78 is 18.5. The second-order valence-electron chi connectivity index (χ2n) is 4.40. The first-order chi connectivity index (χ1) is 9.11. The van der Waals surface area contributed by atoms with Crippen molar-refractivity contribution in [1.82, 2.24) is 10.6 Å². The molecule has 0 aromatic heterocycles. The molecular weight excluding hydrogens is 247 g/mol. The number of carbonyl (C=O) groups excluding carboxylic acids is 1. The molecular formula is C14H21FN2O2. The first-order valence-corrected chi connectivity index (χ1v) is 6.45. The number of halogens is 1. The number of amides is 1. The third kappa shape index (κ3) is 6.76. The van der Waals surface area contributed by atoms with E-state index in [1.165, 1.54) is 12.1 Å². The van der Waals surface area contributed by atoms with Crippen LogP contribution in [0.5, 0.6) is 5.75 Å². The number of carbonyl (C=O) groups is 1. The van der Waals surface area contributed by atoms with Crippen molar-refractivity contribution in [2.75, 3.05) is 20.1 Å². The van der Waals surface area contributed by atoms with E-state index in [1.54, 1.807) is 12.1 Å². The second-order valence-corrected chi connectivity index (χ2v) is 4.40. The molecule has 1 aromatic rings. The largest absolute Gasteiger partial charge is 0.489 e. The molecule has 1 rings (SSSR count). The Labute approximate surface area is 113 Å². The van der Waals surface area contributed by atoms with Crippen molar-refractivity contribution < 1.29 is 13.9 Å². The Balaban J connectivity index is 2.24. The summed E-state index contributed by atoms with van der Waals surface area (Å²) >= 11 is 0. The van der Waals surface area contributed by atoms with E-state index in [2.05, 4.69) is 10.6 Å². The van der Waals surface area contributed by atoms with Gasteiger partial charge in [0.2, 0.25) is 5.91 Å². The number of hydrogen-bond acceptors (Lipinski definition) is 3. The molecule has 0 saturated heterocycles. The number of nitrogens with one attached hydrogen (secondary N) is 2. The van der Waals surface area contributed by atoms with Crippen molar-refractivity contribution in [2.24, 2.45) is 0 Å². The van der Waals surface area contributed by atoms with Crippen LogP contribution in [0, 0.1) is 5.82 Å². The van der Waals surface area contributed by atoms with Gasteiger partial charge in [0.1, 0.15) is 17.7 Å². The van der Waals surface area contributed by atoms with E-state index < -0.39 is 0 Å². The predicted octanol–water partition coefficient (Wildman–Crippen LogP) is 1.71. The number of hydrogen-bond donors (Lipinski definition) is 2. The van der Waals surface area contributed by atoms with E-state index in [9.17, 15) is 9.18 Å². The summed E-state index contributed by atoms with van der Waals surface area (Å²) in [5.74, 6) is 0.141. The summed E-state index contributed by atoms with van der Waals surface area (Å²) in [5.41, 5.74) is 0. The molecule has 0 radical (unpaired) electrons. The SMILES string of the molecule is CNCCCC(=O)NCC(C)Oc1cccc(F)c1. The maximum absolute atomic E-state index is 12.9. The molecule has 0 fully saturated rings. The van der Waals surface area contributed by atoms with Gasteiger partial charge in [-0.05, 0) is 39.1 Å². The number of rotatable bonds is 8. The highest BCUT2D eigenvalue weighted by Crippen LogP contribution is 2.13. The third-order valence-electron chi connectivity index (χ3n) is 2.55. The molecule has 5 heteroatoms. The normalized spacial score (nSPS) is 11.9. The van der Waals surface area contributed by atoms with Crippen LogP contribution >= 0.6 is 0 Å². The number of benzene rings is 1. The fourth-order valence-corrected chi connectivity index (χ4v) is 1.59. The highest BCUT2D eigenvalue weighted by Gasteiger charge is 2.07. The molecule has 4 nitrogen and oxygen atoms in total. The highest BCUT2D eigenvalue weighted by atomic mass is 19.1. The van der Waals surface area contributed by atoms with E-state index in [0.717, 1.165) is 13.0 Å². The van der Waals surface area contributed by atoms with Crippen LogP contribution in [0.4, 0.5) is 4.39 Å². The molecule has 1 aromatic carbocycles. The predicted molar refractivity (Wildman–Crippen MR) is 72.7 cm³/mol. The molecule has 0 aliphatic heterocycles. The van der Waals surface area contributed by atoms with Crippen LogP contribution < -0.4 is 15.4 Å². The summed E-state index contributed by atoms with van der Waals surface area (Å²) in [4.78, 5) is 11.5. The molecule has 0 aliphatic carbocycles. The Hall–Kier alpha value is -1.62. The summed E-state index contributed by atoms with van der Waals surface area (Å²) in [6.45, 7) is 3.07. The lowest BCUT2D eigenvalue weighted by Gasteiger charge is -2.15. The quantitative estimate of drug-likeness (QED) is 0.706. The smallest absolute Gasteiger partial charge is 0.220 e. The van der Waals surface area contributed by atoms with Crippen molar-refractivity contribution in [3.05, 3.63) is 30.1 Å². The summed E-state index contributed by atoms with van der Waals surface area (Å²) in [6, 6.07) is 5.97. The van der Waals surface area contributed by atoms with Gasteiger partial charge < -0.3 is 15.4 Å². The monoisotopic (exact) mass is 268 g/mol. The summed E-state index contributed by atoms with van der Waals surface area (Å²) in [5, 5.41) is 5.78. The van der Waals surface area contributed by atoms with Gasteiger partial charge in [-0.3, -0.25) is 4.79 Å². The van der Waals surface area contributed by atoms with Crippen LogP contribution in [0.2, 0.25) is 0 Å². The van der Waals surface area contributed by atoms with Crippen LogP contribution in [0.3, 0.4) is 0 Å². The zero-order chi connectivity index (χ0) is 14.1. The minimum Gasteiger partial charge on any atom is -0.489 e. The van der Waals surface area contributed by atoms with Gasteiger partial charge in [0.15, 0.2) is 0 Å². The topological polar surface area (TPSA) is 50.4 Å². The van der Waals surface area contributed by atoms with Crippen LogP contribution in [-0.2, 0) is 4.79 Å². The average molecular weight is 268 g/mol. The minimum atomic E-state index is -0.333. The lowest BCUT2D eigenvalue weighted by molar-refractivity contribution is -0.121. The van der Waals surface area contributed by atoms with Crippen LogP contribution in [0.1, 0.15) is 19.8 Å². The van der Waals surface area contributed by atoms with Crippen LogP contribution in [0.25, 0.3) is 0 Å². The van der Waals surface area contributed by atoms with Crippen molar-refractivity contribution >= 4 is 5.91 Å². The van der Waals surface area contributed by atoms with Gasteiger partial charge in [0, 0.05) is 12.5 Å². The van der Waals surface area contributed by atoms with Gasteiger partial charge in [0.25, 0.3) is 0 Å². The molecule has 0 heterocycles. The minimum absolute atomic E-state index is 0.00458. The molecule has 106 valence electrons. The maximum atomic E-state index is 12.9. The molecule has 0 saturated carbocycles. The first kappa shape index (κ1) is 15.4. The zero-order valence-corrected chi connectivity index (χ0v) is 11.4. The van der Waals surface area contributed by atoms with Gasteiger partial charge in [-0.15, -0.1) is 0 Å². The molecule has 1 atom stereocenters. The highest BCUT2D eigenvalue weighted by molar-refractivity contribution is 5.75.